The molecule has 58 heavy (non-hydrogen) atoms. The Morgan fingerprint density at radius 3 is 2.24 bits per heavy atom. The summed E-state index contributed by atoms with van der Waals surface area (Å²) in [5, 5.41) is 8.69. The number of carbonyl (C=O) groups is 3. The molecule has 1 aromatic heterocycles. The summed E-state index contributed by atoms with van der Waals surface area (Å²) in [6, 6.07) is 21.8. The van der Waals surface area contributed by atoms with Crippen LogP contribution in [0.2, 0.25) is 0 Å². The molecule has 0 spiro atoms. The van der Waals surface area contributed by atoms with Crippen molar-refractivity contribution in [1.29, 1.82) is 0 Å². The smallest absolute Gasteiger partial charge is 0.249 e. The van der Waals surface area contributed by atoms with Crippen molar-refractivity contribution in [2.24, 2.45) is 5.92 Å². The van der Waals surface area contributed by atoms with Crippen LogP contribution < -0.4 is 20.9 Å². The lowest BCUT2D eigenvalue weighted by molar-refractivity contribution is -0.139. The molecule has 1 aliphatic carbocycles. The van der Waals surface area contributed by atoms with Gasteiger partial charge in [0.05, 0.1) is 11.9 Å². The summed E-state index contributed by atoms with van der Waals surface area (Å²) < 4.78 is 46.3. The molecule has 1 saturated carbocycles. The number of piperidine rings is 2. The highest BCUT2D eigenvalue weighted by atomic mass is 19.1. The lowest BCUT2D eigenvalue weighted by Crippen LogP contribution is -2.54. The number of piperazine rings is 1. The van der Waals surface area contributed by atoms with Crippen molar-refractivity contribution in [1.82, 2.24) is 25.1 Å². The number of hydrogen-bond acceptors (Lipinski definition) is 9. The van der Waals surface area contributed by atoms with Crippen molar-refractivity contribution < 1.29 is 27.6 Å². The average molecular weight is 795 g/mol. The summed E-state index contributed by atoms with van der Waals surface area (Å²) >= 11 is 0. The van der Waals surface area contributed by atoms with Gasteiger partial charge in [0, 0.05) is 88.3 Å². The Kier molecular flexibility index (Phi) is 11.6. The monoisotopic (exact) mass is 794 g/mol. The highest BCUT2D eigenvalue weighted by molar-refractivity contribution is 6.01. The molecule has 11 nitrogen and oxygen atoms in total. The van der Waals surface area contributed by atoms with E-state index in [4.69, 9.17) is 0 Å². The van der Waals surface area contributed by atoms with Crippen LogP contribution in [0.25, 0.3) is 22.4 Å². The summed E-state index contributed by atoms with van der Waals surface area (Å²) in [7, 11) is 0. The van der Waals surface area contributed by atoms with Crippen LogP contribution in [0, 0.1) is 17.6 Å². The van der Waals surface area contributed by atoms with Crippen LogP contribution in [-0.4, -0.2) is 101 Å². The van der Waals surface area contributed by atoms with E-state index in [9.17, 15) is 18.8 Å². The molecule has 3 amide bonds. The van der Waals surface area contributed by atoms with Gasteiger partial charge in [-0.15, -0.1) is 0 Å². The van der Waals surface area contributed by atoms with Gasteiger partial charge in [0.1, 0.15) is 23.2 Å². The number of halogens is 3. The number of nitrogens with zero attached hydrogens (tertiary/aromatic N) is 5. The average Bonchev–Trinajstić information content (AvgIpc) is 3.24. The Morgan fingerprint density at radius 2 is 1.52 bits per heavy atom. The normalized spacial score (nSPS) is 22.6. The molecule has 14 heteroatoms. The molecule has 3 aliphatic heterocycles. The fraction of sp³-hybridized carbons (Fsp3) is 0.432. The summed E-state index contributed by atoms with van der Waals surface area (Å²) in [5.41, 5.74) is 2.43. The zero-order chi connectivity index (χ0) is 40.2. The standard InChI is InChI=1S/C44H49F3N8O3/c45-35-26-34(49-37-14-16-39(56)51-41(37)57)13-15-38(35)54-23-21-53(22-24-54)28-44(47)17-19-55(20-18-44)42(58)30-9-11-33(12-10-30)50-43-48-27-36(46)40(52-43)32-8-4-7-31(25-32)29-5-2-1-3-6-29/h1-8,13,15,25-27,30,33,37,49H,9-12,14,16-24,28H2,(H,48,50,52)(H,51,56,57). The van der Waals surface area contributed by atoms with Crippen molar-refractivity contribution in [2.45, 2.75) is 69.1 Å². The second-order valence-corrected chi connectivity index (χ2v) is 16.1. The minimum absolute atomic E-state index is 0.0520. The van der Waals surface area contributed by atoms with E-state index >= 15 is 8.78 Å². The van der Waals surface area contributed by atoms with Crippen LogP contribution in [0.1, 0.15) is 51.4 Å². The summed E-state index contributed by atoms with van der Waals surface area (Å²) in [5.74, 6) is -1.30. The number of alkyl halides is 1. The molecule has 3 aromatic carbocycles. The zero-order valence-corrected chi connectivity index (χ0v) is 32.4. The molecule has 1 atom stereocenters. The van der Waals surface area contributed by atoms with Crippen LogP contribution in [-0.2, 0) is 14.4 Å². The van der Waals surface area contributed by atoms with E-state index in [1.54, 1.807) is 12.1 Å². The van der Waals surface area contributed by atoms with Gasteiger partial charge in [0.15, 0.2) is 5.82 Å². The van der Waals surface area contributed by atoms with Crippen LogP contribution in [0.4, 0.5) is 30.5 Å². The van der Waals surface area contributed by atoms with E-state index in [1.807, 2.05) is 64.4 Å². The first-order valence-corrected chi connectivity index (χ1v) is 20.4. The third-order valence-corrected chi connectivity index (χ3v) is 12.1. The predicted octanol–water partition coefficient (Wildman–Crippen LogP) is 6.43. The van der Waals surface area contributed by atoms with E-state index in [-0.39, 0.29) is 55.3 Å². The molecule has 4 aliphatic rings. The van der Waals surface area contributed by atoms with Crippen molar-refractivity contribution in [3.63, 3.8) is 0 Å². The van der Waals surface area contributed by atoms with E-state index in [1.165, 1.54) is 12.3 Å². The van der Waals surface area contributed by atoms with Gasteiger partial charge in [0.2, 0.25) is 23.7 Å². The van der Waals surface area contributed by atoms with Gasteiger partial charge in [-0.1, -0.05) is 48.5 Å². The van der Waals surface area contributed by atoms with Crippen molar-refractivity contribution in [2.75, 3.05) is 61.3 Å². The first-order chi connectivity index (χ1) is 28.1. The van der Waals surface area contributed by atoms with E-state index in [2.05, 4.69) is 30.8 Å². The van der Waals surface area contributed by atoms with Gasteiger partial charge in [0.25, 0.3) is 0 Å². The fourth-order valence-electron chi connectivity index (χ4n) is 8.76. The number of benzene rings is 3. The highest BCUT2D eigenvalue weighted by Gasteiger charge is 2.40. The molecule has 8 rings (SSSR count). The number of nitrogens with one attached hydrogen (secondary N) is 3. The molecule has 3 saturated heterocycles. The summed E-state index contributed by atoms with van der Waals surface area (Å²) in [6.07, 6.45) is 5.24. The topological polar surface area (TPSA) is 123 Å². The zero-order valence-electron chi connectivity index (χ0n) is 32.4. The predicted molar refractivity (Wildman–Crippen MR) is 217 cm³/mol. The van der Waals surface area contributed by atoms with Crippen molar-refractivity contribution >= 4 is 35.0 Å². The number of amides is 3. The molecule has 4 fully saturated rings. The molecule has 3 N–H and O–H groups in total. The quantitative estimate of drug-likeness (QED) is 0.156. The molecule has 1 unspecified atom stereocenters. The Labute approximate surface area is 336 Å². The van der Waals surface area contributed by atoms with Gasteiger partial charge < -0.3 is 20.4 Å². The Morgan fingerprint density at radius 1 is 0.793 bits per heavy atom. The van der Waals surface area contributed by atoms with E-state index in [0.717, 1.165) is 24.0 Å². The molecule has 0 radical (unpaired) electrons. The molecule has 0 bridgehead atoms. The number of imide groups is 1. The third-order valence-electron chi connectivity index (χ3n) is 12.1. The maximum atomic E-state index is 16.2. The Balaban J connectivity index is 0.771. The molecule has 304 valence electrons. The maximum absolute atomic E-state index is 16.2. The second-order valence-electron chi connectivity index (χ2n) is 16.1. The van der Waals surface area contributed by atoms with Crippen molar-refractivity contribution in [3.8, 4) is 22.4 Å². The minimum Gasteiger partial charge on any atom is -0.374 e. The summed E-state index contributed by atoms with van der Waals surface area (Å²) in [4.78, 5) is 51.7. The molecular formula is C44H49F3N8O3. The number of carbonyl (C=O) groups excluding carboxylic acids is 3. The van der Waals surface area contributed by atoms with Crippen LogP contribution in [0.3, 0.4) is 0 Å². The van der Waals surface area contributed by atoms with Gasteiger partial charge in [-0.3, -0.25) is 24.6 Å². The fourth-order valence-corrected chi connectivity index (χ4v) is 8.76. The van der Waals surface area contributed by atoms with Crippen LogP contribution >= 0.6 is 0 Å². The van der Waals surface area contributed by atoms with E-state index < -0.39 is 29.3 Å². The largest absolute Gasteiger partial charge is 0.374 e. The Bertz CT molecular complexity index is 2120. The van der Waals surface area contributed by atoms with Crippen molar-refractivity contribution in [3.05, 3.63) is 90.6 Å². The third kappa shape index (κ3) is 9.12. The minimum atomic E-state index is -1.40. The number of hydrogen-bond donors (Lipinski definition) is 3. The lowest BCUT2D eigenvalue weighted by Gasteiger charge is -2.43. The van der Waals surface area contributed by atoms with Gasteiger partial charge in [-0.05, 0) is 67.5 Å². The maximum Gasteiger partial charge on any atom is 0.249 e. The van der Waals surface area contributed by atoms with Crippen LogP contribution in [0.15, 0.2) is 79.0 Å². The van der Waals surface area contributed by atoms with Gasteiger partial charge in [-0.25, -0.2) is 23.1 Å². The van der Waals surface area contributed by atoms with Gasteiger partial charge in [-0.2, -0.15) is 0 Å². The van der Waals surface area contributed by atoms with Crippen LogP contribution in [0.5, 0.6) is 0 Å². The first-order valence-electron chi connectivity index (χ1n) is 20.4. The second kappa shape index (κ2) is 17.2. The molecule has 4 aromatic rings. The van der Waals surface area contributed by atoms with Gasteiger partial charge >= 0.3 is 0 Å². The number of aromatic nitrogens is 2. The lowest BCUT2D eigenvalue weighted by atomic mass is 9.84. The first kappa shape index (κ1) is 39.3. The number of anilines is 3. The number of likely N-dealkylation sites (tertiary alicyclic amines) is 1. The molecular weight excluding hydrogens is 746 g/mol. The SMILES string of the molecule is O=C1CCC(Nc2ccc(N3CCN(CC4(F)CCN(C(=O)C5CCC(Nc6ncc(F)c(-c7cccc(-c8ccccc8)c7)n6)CC5)CC4)CC3)c(F)c2)C(=O)N1. The molecule has 4 heterocycles. The highest BCUT2D eigenvalue weighted by Crippen LogP contribution is 2.34. The van der Waals surface area contributed by atoms with E-state index in [0.29, 0.717) is 81.4 Å². The summed E-state index contributed by atoms with van der Waals surface area (Å²) in [6.45, 7) is 3.33. The Hall–Kier alpha value is -5.50. The number of rotatable bonds is 10.